The van der Waals surface area contributed by atoms with Crippen LogP contribution >= 0.6 is 0 Å². The first kappa shape index (κ1) is 13.6. The van der Waals surface area contributed by atoms with E-state index >= 15 is 0 Å². The maximum absolute atomic E-state index is 9.36. The van der Waals surface area contributed by atoms with Crippen LogP contribution in [0.4, 0.5) is 0 Å². The largest absolute Gasteiger partial charge is 0.493 e. The van der Waals surface area contributed by atoms with Crippen LogP contribution in [0.1, 0.15) is 25.1 Å². The molecule has 2 N–H and O–H groups in total. The third-order valence-electron chi connectivity index (χ3n) is 2.94. The van der Waals surface area contributed by atoms with E-state index in [1.54, 1.807) is 0 Å². The minimum absolute atomic E-state index is 0.0106. The summed E-state index contributed by atoms with van der Waals surface area (Å²) in [6, 6.07) is 7.79. The Balaban J connectivity index is 2.18. The van der Waals surface area contributed by atoms with E-state index in [2.05, 4.69) is 24.0 Å². The van der Waals surface area contributed by atoms with E-state index in [4.69, 9.17) is 4.74 Å². The summed E-state index contributed by atoms with van der Waals surface area (Å²) in [7, 11) is 0. The normalized spacial score (nSPS) is 11.0. The van der Waals surface area contributed by atoms with Crippen LogP contribution in [-0.4, -0.2) is 21.9 Å². The maximum Gasteiger partial charge on any atom is 0.119 e. The Bertz CT molecular complexity index is 530. The Kier molecular flexibility index (Phi) is 4.22. The molecule has 0 bridgehead atoms. The van der Waals surface area contributed by atoms with Gasteiger partial charge in [0.05, 0.1) is 18.9 Å². The standard InChI is InChI=1S/C15H20N2O2/c1-10(2)9-19-13-6-4-12(5-7-13)15-14(8-18)11(3)16-17-15/h4-7,10,18H,8-9H2,1-3H3,(H,16,17). The van der Waals surface area contributed by atoms with Crippen LogP contribution in [0.15, 0.2) is 24.3 Å². The van der Waals surface area contributed by atoms with Crippen LogP contribution in [0, 0.1) is 12.8 Å². The lowest BCUT2D eigenvalue weighted by molar-refractivity contribution is 0.271. The average molecular weight is 260 g/mol. The number of benzene rings is 1. The van der Waals surface area contributed by atoms with E-state index in [1.807, 2.05) is 31.2 Å². The quantitative estimate of drug-likeness (QED) is 0.869. The van der Waals surface area contributed by atoms with E-state index in [-0.39, 0.29) is 6.61 Å². The lowest BCUT2D eigenvalue weighted by Crippen LogP contribution is -2.04. The van der Waals surface area contributed by atoms with Crippen molar-refractivity contribution in [3.05, 3.63) is 35.5 Å². The summed E-state index contributed by atoms with van der Waals surface area (Å²) >= 11 is 0. The first-order valence-electron chi connectivity index (χ1n) is 6.49. The lowest BCUT2D eigenvalue weighted by Gasteiger charge is -2.09. The van der Waals surface area contributed by atoms with Crippen molar-refractivity contribution in [1.29, 1.82) is 0 Å². The van der Waals surface area contributed by atoms with E-state index in [1.165, 1.54) is 0 Å². The monoisotopic (exact) mass is 260 g/mol. The highest BCUT2D eigenvalue weighted by molar-refractivity contribution is 5.64. The lowest BCUT2D eigenvalue weighted by atomic mass is 10.1. The number of aliphatic hydroxyl groups excluding tert-OH is 1. The van der Waals surface area contributed by atoms with Gasteiger partial charge in [-0.3, -0.25) is 5.10 Å². The fourth-order valence-electron chi connectivity index (χ4n) is 1.86. The Morgan fingerprint density at radius 3 is 2.53 bits per heavy atom. The number of rotatable bonds is 5. The van der Waals surface area contributed by atoms with Gasteiger partial charge in [-0.2, -0.15) is 5.10 Å². The number of aliphatic hydroxyl groups is 1. The van der Waals surface area contributed by atoms with E-state index in [0.29, 0.717) is 12.5 Å². The fraction of sp³-hybridized carbons (Fsp3) is 0.400. The number of aromatic amines is 1. The Morgan fingerprint density at radius 2 is 1.95 bits per heavy atom. The molecule has 0 unspecified atom stereocenters. The molecule has 0 radical (unpaired) electrons. The molecule has 4 heteroatoms. The zero-order valence-electron chi connectivity index (χ0n) is 11.6. The number of hydrogen-bond donors (Lipinski definition) is 2. The van der Waals surface area contributed by atoms with Gasteiger partial charge in [-0.05, 0) is 37.1 Å². The minimum atomic E-state index is -0.0106. The van der Waals surface area contributed by atoms with Gasteiger partial charge in [-0.25, -0.2) is 0 Å². The first-order valence-corrected chi connectivity index (χ1v) is 6.49. The van der Waals surface area contributed by atoms with Crippen molar-refractivity contribution in [3.63, 3.8) is 0 Å². The summed E-state index contributed by atoms with van der Waals surface area (Å²) < 4.78 is 5.64. The molecular formula is C15H20N2O2. The molecule has 0 aliphatic heterocycles. The minimum Gasteiger partial charge on any atom is -0.493 e. The molecule has 2 aromatic rings. The number of hydrogen-bond acceptors (Lipinski definition) is 3. The van der Waals surface area contributed by atoms with Crippen LogP contribution < -0.4 is 4.74 Å². The first-order chi connectivity index (χ1) is 9.11. The summed E-state index contributed by atoms with van der Waals surface area (Å²) in [4.78, 5) is 0. The molecule has 1 aromatic heterocycles. The molecular weight excluding hydrogens is 240 g/mol. The number of H-pyrrole nitrogens is 1. The molecule has 0 fully saturated rings. The molecule has 1 aromatic carbocycles. The number of aromatic nitrogens is 2. The third-order valence-corrected chi connectivity index (χ3v) is 2.94. The fourth-order valence-corrected chi connectivity index (χ4v) is 1.86. The smallest absolute Gasteiger partial charge is 0.119 e. The van der Waals surface area contributed by atoms with Crippen molar-refractivity contribution >= 4 is 0 Å². The van der Waals surface area contributed by atoms with Gasteiger partial charge in [0.2, 0.25) is 0 Å². The molecule has 0 atom stereocenters. The van der Waals surface area contributed by atoms with E-state index in [9.17, 15) is 5.11 Å². The predicted molar refractivity (Wildman–Crippen MR) is 75.0 cm³/mol. The van der Waals surface area contributed by atoms with Crippen LogP contribution in [-0.2, 0) is 6.61 Å². The molecule has 4 nitrogen and oxygen atoms in total. The maximum atomic E-state index is 9.36. The van der Waals surface area contributed by atoms with Gasteiger partial charge < -0.3 is 9.84 Å². The van der Waals surface area contributed by atoms with Gasteiger partial charge in [-0.15, -0.1) is 0 Å². The van der Waals surface area contributed by atoms with Crippen molar-refractivity contribution in [2.24, 2.45) is 5.92 Å². The predicted octanol–water partition coefficient (Wildman–Crippen LogP) is 2.91. The van der Waals surface area contributed by atoms with Crippen molar-refractivity contribution in [3.8, 4) is 17.0 Å². The summed E-state index contributed by atoms with van der Waals surface area (Å²) in [5, 5.41) is 16.5. The van der Waals surface area contributed by atoms with Crippen LogP contribution in [0.25, 0.3) is 11.3 Å². The van der Waals surface area contributed by atoms with Crippen molar-refractivity contribution in [2.45, 2.75) is 27.4 Å². The second kappa shape index (κ2) is 5.89. The van der Waals surface area contributed by atoms with Gasteiger partial charge in [0.15, 0.2) is 0 Å². The van der Waals surface area contributed by atoms with Crippen LogP contribution in [0.5, 0.6) is 5.75 Å². The summed E-state index contributed by atoms with van der Waals surface area (Å²) in [5.74, 6) is 1.37. The molecule has 2 rings (SSSR count). The topological polar surface area (TPSA) is 58.1 Å². The zero-order valence-corrected chi connectivity index (χ0v) is 11.6. The molecule has 0 amide bonds. The summed E-state index contributed by atoms with van der Waals surface area (Å²) in [5.41, 5.74) is 3.52. The highest BCUT2D eigenvalue weighted by Crippen LogP contribution is 2.25. The van der Waals surface area contributed by atoms with Gasteiger partial charge in [0, 0.05) is 16.8 Å². The van der Waals surface area contributed by atoms with Gasteiger partial charge in [-0.1, -0.05) is 13.8 Å². The molecule has 0 saturated heterocycles. The third kappa shape index (κ3) is 3.15. The van der Waals surface area contributed by atoms with Gasteiger partial charge >= 0.3 is 0 Å². The molecule has 0 spiro atoms. The molecule has 0 aliphatic carbocycles. The average Bonchev–Trinajstić information content (AvgIpc) is 2.78. The zero-order chi connectivity index (χ0) is 13.8. The van der Waals surface area contributed by atoms with Gasteiger partial charge in [0.25, 0.3) is 0 Å². The number of nitrogens with zero attached hydrogens (tertiary/aromatic N) is 1. The van der Waals surface area contributed by atoms with E-state index in [0.717, 1.165) is 28.3 Å². The SMILES string of the molecule is Cc1[nH]nc(-c2ccc(OCC(C)C)cc2)c1CO. The highest BCUT2D eigenvalue weighted by atomic mass is 16.5. The molecule has 0 saturated carbocycles. The Hall–Kier alpha value is -1.81. The Labute approximate surface area is 113 Å². The number of aryl methyl sites for hydroxylation is 1. The second-order valence-corrected chi connectivity index (χ2v) is 5.06. The Morgan fingerprint density at radius 1 is 1.26 bits per heavy atom. The molecule has 0 aliphatic rings. The van der Waals surface area contributed by atoms with Crippen molar-refractivity contribution < 1.29 is 9.84 Å². The summed E-state index contributed by atoms with van der Waals surface area (Å²) in [6.07, 6.45) is 0. The van der Waals surface area contributed by atoms with Crippen LogP contribution in [0.2, 0.25) is 0 Å². The summed E-state index contributed by atoms with van der Waals surface area (Å²) in [6.45, 7) is 6.84. The highest BCUT2D eigenvalue weighted by Gasteiger charge is 2.11. The van der Waals surface area contributed by atoms with Crippen LogP contribution in [0.3, 0.4) is 0 Å². The van der Waals surface area contributed by atoms with Gasteiger partial charge in [0.1, 0.15) is 5.75 Å². The number of ether oxygens (including phenoxy) is 1. The van der Waals surface area contributed by atoms with Crippen molar-refractivity contribution in [2.75, 3.05) is 6.61 Å². The molecule has 1 heterocycles. The van der Waals surface area contributed by atoms with E-state index < -0.39 is 0 Å². The van der Waals surface area contributed by atoms with Crippen molar-refractivity contribution in [1.82, 2.24) is 10.2 Å². The molecule has 102 valence electrons. The molecule has 19 heavy (non-hydrogen) atoms. The second-order valence-electron chi connectivity index (χ2n) is 5.06. The number of nitrogens with one attached hydrogen (secondary N) is 1.